The van der Waals surface area contributed by atoms with Crippen LogP contribution in [0.25, 0.3) is 0 Å². The van der Waals surface area contributed by atoms with Crippen LogP contribution in [0.1, 0.15) is 26.7 Å². The average Bonchev–Trinajstić information content (AvgIpc) is 3.00. The van der Waals surface area contributed by atoms with Gasteiger partial charge in [-0.15, -0.1) is 0 Å². The van der Waals surface area contributed by atoms with Crippen LogP contribution < -0.4 is 10.1 Å². The smallest absolute Gasteiger partial charge is 0.412 e. The van der Waals surface area contributed by atoms with E-state index in [2.05, 4.69) is 5.32 Å². The number of methoxy groups -OCH3 is 2. The van der Waals surface area contributed by atoms with Gasteiger partial charge < -0.3 is 43.0 Å². The lowest BCUT2D eigenvalue weighted by Gasteiger charge is -2.44. The van der Waals surface area contributed by atoms with Crippen molar-refractivity contribution in [3.8, 4) is 5.75 Å². The maximum Gasteiger partial charge on any atom is 0.412 e. The van der Waals surface area contributed by atoms with Gasteiger partial charge in [-0.25, -0.2) is 4.79 Å². The van der Waals surface area contributed by atoms with E-state index in [1.165, 1.54) is 38.5 Å². The first kappa shape index (κ1) is 34.3. The molecule has 1 aromatic rings. The molecule has 15 nitrogen and oxygen atoms in total. The highest BCUT2D eigenvalue weighted by Gasteiger charge is 2.54. The summed E-state index contributed by atoms with van der Waals surface area (Å²) < 4.78 is 43.2. The lowest BCUT2D eigenvalue weighted by molar-refractivity contribution is -0.300. The number of amides is 1. The van der Waals surface area contributed by atoms with E-state index in [1.807, 2.05) is 0 Å². The topological polar surface area (TPSA) is 191 Å². The van der Waals surface area contributed by atoms with Crippen molar-refractivity contribution in [2.24, 2.45) is 11.8 Å². The van der Waals surface area contributed by atoms with E-state index in [0.29, 0.717) is 11.4 Å². The third-order valence-corrected chi connectivity index (χ3v) is 6.71. The number of carbonyl (C=O) groups excluding carboxylic acids is 5. The van der Waals surface area contributed by atoms with E-state index in [9.17, 15) is 29.1 Å². The Morgan fingerprint density at radius 2 is 1.43 bits per heavy atom. The van der Waals surface area contributed by atoms with Crippen LogP contribution in [-0.2, 0) is 52.3 Å². The minimum Gasteiger partial charge on any atom is -0.497 e. The quantitative estimate of drug-likeness (QED) is 0.174. The van der Waals surface area contributed by atoms with Gasteiger partial charge in [-0.1, -0.05) is 12.2 Å². The summed E-state index contributed by atoms with van der Waals surface area (Å²) in [6.45, 7) is 2.35. The van der Waals surface area contributed by atoms with E-state index >= 15 is 0 Å². The molecule has 0 bridgehead atoms. The summed E-state index contributed by atoms with van der Waals surface area (Å²) >= 11 is 0. The van der Waals surface area contributed by atoms with Gasteiger partial charge in [0.25, 0.3) is 0 Å². The number of aliphatic hydroxyl groups excluding tert-OH is 1. The lowest BCUT2D eigenvalue weighted by Crippen LogP contribution is -2.63. The molecule has 2 N–H and O–H groups in total. The van der Waals surface area contributed by atoms with Crippen LogP contribution in [-0.4, -0.2) is 99.8 Å². The number of hydrogen-bond acceptors (Lipinski definition) is 14. The predicted molar refractivity (Wildman–Crippen MR) is 148 cm³/mol. The molecule has 2 aliphatic rings. The first-order valence-electron chi connectivity index (χ1n) is 14.0. The Morgan fingerprint density at radius 3 is 1.91 bits per heavy atom. The molecule has 0 radical (unpaired) electrons. The molecule has 1 aromatic carbocycles. The maximum absolute atomic E-state index is 13.4. The van der Waals surface area contributed by atoms with Crippen molar-refractivity contribution in [1.82, 2.24) is 0 Å². The van der Waals surface area contributed by atoms with Gasteiger partial charge in [0.05, 0.1) is 26.9 Å². The Labute approximate surface area is 253 Å². The third kappa shape index (κ3) is 8.67. The maximum atomic E-state index is 13.4. The van der Waals surface area contributed by atoms with Crippen LogP contribution in [0.4, 0.5) is 10.5 Å². The van der Waals surface area contributed by atoms with Crippen molar-refractivity contribution in [3.05, 3.63) is 36.4 Å². The summed E-state index contributed by atoms with van der Waals surface area (Å²) in [7, 11) is 2.68. The molecular weight excluding hydrogens is 586 g/mol. The van der Waals surface area contributed by atoms with Gasteiger partial charge in [-0.2, -0.15) is 0 Å². The number of hydrogen-bond donors (Lipinski definition) is 2. The van der Waals surface area contributed by atoms with Crippen molar-refractivity contribution in [3.63, 3.8) is 0 Å². The molecule has 1 saturated heterocycles. The predicted octanol–water partition coefficient (Wildman–Crippen LogP) is 1.51. The first-order valence-corrected chi connectivity index (χ1v) is 14.0. The van der Waals surface area contributed by atoms with Crippen molar-refractivity contribution in [2.45, 2.75) is 57.4 Å². The highest BCUT2D eigenvalue weighted by atomic mass is 16.7. The van der Waals surface area contributed by atoms with Gasteiger partial charge in [0.2, 0.25) is 0 Å². The number of carbonyl (C=O) groups is 5. The summed E-state index contributed by atoms with van der Waals surface area (Å²) in [6.07, 6.45) is -6.25. The Kier molecular flexibility index (Phi) is 12.9. The zero-order chi connectivity index (χ0) is 32.2. The number of rotatable bonds is 9. The van der Waals surface area contributed by atoms with Gasteiger partial charge in [0.1, 0.15) is 11.9 Å². The standard InChI is InChI=1S/C29H37NO14/c1-5-39-24(32)18-9-7-8-10-19(25(33)40-6-2)27(35)43-23-22(42-26(18)34)21(20(15-31)41-28(23)38-4)44-29(36)30-16-11-13-17(37-3)14-12-16/h7-8,11-14,18-23,28,31H,5-6,9-10,15H2,1-4H3,(H,30,36)/t18-,19-,20-,21-,22+,23-,28+/m1/s1. The molecule has 2 heterocycles. The minimum atomic E-state index is -1.67. The van der Waals surface area contributed by atoms with Crippen LogP contribution in [0.2, 0.25) is 0 Å². The normalized spacial score (nSPS) is 27.2. The zero-order valence-electron chi connectivity index (χ0n) is 24.8. The fourth-order valence-corrected chi connectivity index (χ4v) is 4.52. The second kappa shape index (κ2) is 16.6. The van der Waals surface area contributed by atoms with E-state index in [1.54, 1.807) is 26.0 Å². The van der Waals surface area contributed by atoms with E-state index in [0.717, 1.165) is 0 Å². The van der Waals surface area contributed by atoms with Crippen LogP contribution in [0.3, 0.4) is 0 Å². The van der Waals surface area contributed by atoms with Crippen LogP contribution in [0.5, 0.6) is 5.75 Å². The number of esters is 4. The van der Waals surface area contributed by atoms with Gasteiger partial charge in [-0.3, -0.25) is 24.5 Å². The average molecular weight is 624 g/mol. The zero-order valence-corrected chi connectivity index (χ0v) is 24.8. The van der Waals surface area contributed by atoms with Gasteiger partial charge in [0.15, 0.2) is 36.4 Å². The molecule has 0 aromatic heterocycles. The van der Waals surface area contributed by atoms with Gasteiger partial charge >= 0.3 is 30.0 Å². The molecule has 242 valence electrons. The molecule has 0 unspecified atom stereocenters. The Morgan fingerprint density at radius 1 is 0.886 bits per heavy atom. The van der Waals surface area contributed by atoms with E-state index in [4.69, 9.17) is 37.9 Å². The Bertz CT molecular complexity index is 1190. The molecule has 44 heavy (non-hydrogen) atoms. The summed E-state index contributed by atoms with van der Waals surface area (Å²) in [5.74, 6) is -6.27. The van der Waals surface area contributed by atoms with Gasteiger partial charge in [-0.05, 0) is 51.0 Å². The highest BCUT2D eigenvalue weighted by Crippen LogP contribution is 2.32. The first-order chi connectivity index (χ1) is 21.2. The van der Waals surface area contributed by atoms with Crippen molar-refractivity contribution in [2.75, 3.05) is 39.4 Å². The lowest BCUT2D eigenvalue weighted by atomic mass is 9.96. The number of anilines is 1. The van der Waals surface area contributed by atoms with Crippen molar-refractivity contribution in [1.29, 1.82) is 0 Å². The van der Waals surface area contributed by atoms with Gasteiger partial charge in [0, 0.05) is 12.8 Å². The molecule has 3 rings (SSSR count). The molecule has 0 aliphatic carbocycles. The summed E-state index contributed by atoms with van der Waals surface area (Å²) in [5.41, 5.74) is 0.313. The molecule has 0 saturated carbocycles. The number of allylic oxidation sites excluding steroid dienone is 2. The van der Waals surface area contributed by atoms with E-state index in [-0.39, 0.29) is 26.1 Å². The number of benzene rings is 1. The molecule has 1 amide bonds. The molecule has 7 atom stereocenters. The number of ether oxygens (including phenoxy) is 8. The molecular formula is C29H37NO14. The highest BCUT2D eigenvalue weighted by molar-refractivity contribution is 5.96. The molecule has 1 fully saturated rings. The molecule has 2 aliphatic heterocycles. The second-order valence-electron chi connectivity index (χ2n) is 9.54. The summed E-state index contributed by atoms with van der Waals surface area (Å²) in [6, 6.07) is 6.26. The number of fused-ring (bicyclic) bond motifs is 1. The third-order valence-electron chi connectivity index (χ3n) is 6.71. The SMILES string of the molecule is CCOC(=O)[C@H]1CC=CC[C@H](C(=O)OCC)C(=O)O[C@H]2[C@@H](OC)O[C@H](CO)[C@@H](OC(=O)Nc3ccc(OC)cc3)[C@@H]2OC1=O. The Hall–Kier alpha value is -4.21. The molecule has 0 spiro atoms. The minimum absolute atomic E-state index is 0.0118. The number of nitrogens with one attached hydrogen (secondary N) is 1. The molecule has 15 heteroatoms. The fraction of sp³-hybridized carbons (Fsp3) is 0.552. The van der Waals surface area contributed by atoms with Crippen molar-refractivity contribution >= 4 is 35.7 Å². The van der Waals surface area contributed by atoms with Crippen LogP contribution in [0.15, 0.2) is 36.4 Å². The van der Waals surface area contributed by atoms with E-state index < -0.39 is 79.1 Å². The summed E-state index contributed by atoms with van der Waals surface area (Å²) in [5, 5.41) is 12.6. The van der Waals surface area contributed by atoms with Crippen LogP contribution in [0, 0.1) is 11.8 Å². The Balaban J connectivity index is 2.02. The monoisotopic (exact) mass is 623 g/mol. The van der Waals surface area contributed by atoms with Crippen molar-refractivity contribution < 1.29 is 67.0 Å². The summed E-state index contributed by atoms with van der Waals surface area (Å²) in [4.78, 5) is 65.1. The fourth-order valence-electron chi connectivity index (χ4n) is 4.52. The largest absolute Gasteiger partial charge is 0.497 e. The second-order valence-corrected chi connectivity index (χ2v) is 9.54. The number of aliphatic hydroxyl groups is 1. The van der Waals surface area contributed by atoms with Crippen LogP contribution >= 0.6 is 0 Å².